The molecule has 0 heterocycles. The van der Waals surface area contributed by atoms with Gasteiger partial charge < -0.3 is 13.3 Å². The van der Waals surface area contributed by atoms with E-state index in [2.05, 4.69) is 20.8 Å². The van der Waals surface area contributed by atoms with E-state index in [4.69, 9.17) is 24.9 Å². The fraction of sp³-hybridized carbons (Fsp3) is 1.00. The summed E-state index contributed by atoms with van der Waals surface area (Å²) in [5.41, 5.74) is 0. The van der Waals surface area contributed by atoms with Crippen LogP contribution < -0.4 is 0 Å². The average molecular weight is 417 g/mol. The maximum atomic E-state index is 5.60. The number of hydrogen-bond acceptors (Lipinski definition) is 4. The van der Waals surface area contributed by atoms with E-state index in [0.717, 1.165) is 19.8 Å². The van der Waals surface area contributed by atoms with Gasteiger partial charge in [0.15, 0.2) is 29.3 Å². The van der Waals surface area contributed by atoms with Gasteiger partial charge in [-0.15, -0.1) is 11.7 Å². The van der Waals surface area contributed by atoms with Gasteiger partial charge in [0.25, 0.3) is 0 Å². The summed E-state index contributed by atoms with van der Waals surface area (Å²) in [7, 11) is -1.50. The van der Waals surface area contributed by atoms with Crippen molar-refractivity contribution in [1.29, 1.82) is 0 Å². The maximum Gasteiger partial charge on any atom is 0.161 e. The molecule has 0 aromatic heterocycles. The highest BCUT2D eigenvalue weighted by Crippen LogP contribution is 2.54. The lowest BCUT2D eigenvalue weighted by Crippen LogP contribution is -2.11. The number of thiol groups is 1. The van der Waals surface area contributed by atoms with Crippen LogP contribution in [0.2, 0.25) is 18.1 Å². The van der Waals surface area contributed by atoms with E-state index in [1.54, 1.807) is 0 Å². The minimum atomic E-state index is -0.706. The maximum absolute atomic E-state index is 5.60. The lowest BCUT2D eigenvalue weighted by Gasteiger charge is -2.35. The topological polar surface area (TPSA) is 27.7 Å². The summed E-state index contributed by atoms with van der Waals surface area (Å²) in [6, 6.07) is 3.97. The van der Waals surface area contributed by atoms with Crippen LogP contribution in [0.1, 0.15) is 40.0 Å². The van der Waals surface area contributed by atoms with Crippen molar-refractivity contribution < 1.29 is 13.3 Å². The molecule has 0 aromatic carbocycles. The Morgan fingerprint density at radius 3 is 1.22 bits per heavy atom. The second-order valence-corrected chi connectivity index (χ2v) is 15.9. The summed E-state index contributed by atoms with van der Waals surface area (Å²) >= 11 is 5.20. The minimum absolute atomic E-state index is 0.266. The quantitative estimate of drug-likeness (QED) is 0.161. The van der Waals surface area contributed by atoms with E-state index < -0.39 is 9.06 Å². The molecule has 0 aliphatic carbocycles. The average Bonchev–Trinajstić information content (AvgIpc) is 2.54. The van der Waals surface area contributed by atoms with Gasteiger partial charge >= 0.3 is 0 Å². The van der Waals surface area contributed by atoms with E-state index in [1.165, 1.54) is 54.7 Å². The molecular weight excluding hydrogens is 377 g/mol. The fourth-order valence-electron chi connectivity index (χ4n) is 2.46. The largest absolute Gasteiger partial charge is 0.424 e. The van der Waals surface area contributed by atoms with Crippen LogP contribution in [0.15, 0.2) is 0 Å². The van der Waals surface area contributed by atoms with Gasteiger partial charge in [0.1, 0.15) is 0 Å². The Morgan fingerprint density at radius 2 is 0.957 bits per heavy atom. The highest BCUT2D eigenvalue weighted by atomic mass is 33.1. The molecule has 23 heavy (non-hydrogen) atoms. The van der Waals surface area contributed by atoms with Crippen LogP contribution in [0.25, 0.3) is 0 Å². The molecule has 142 valence electrons. The summed E-state index contributed by atoms with van der Waals surface area (Å²) in [5.74, 6) is 4.01. The summed E-state index contributed by atoms with van der Waals surface area (Å²) in [5, 5.41) is 0. The molecule has 0 aromatic rings. The first-order chi connectivity index (χ1) is 11.2. The third-order valence-corrected chi connectivity index (χ3v) is 13.0. The lowest BCUT2D eigenvalue weighted by molar-refractivity contribution is 0.359. The smallest absolute Gasteiger partial charge is 0.161 e. The molecular formula is C15H40O3S2Si3. The van der Waals surface area contributed by atoms with E-state index in [1.807, 2.05) is 0 Å². The molecule has 0 radical (unpaired) electrons. The molecule has 0 fully saturated rings. The van der Waals surface area contributed by atoms with Gasteiger partial charge in [-0.05, 0) is 75.4 Å². The summed E-state index contributed by atoms with van der Waals surface area (Å²) in [6.45, 7) is 9.00. The first-order valence-corrected chi connectivity index (χ1v) is 17.3. The molecule has 0 spiro atoms. The van der Waals surface area contributed by atoms with Gasteiger partial charge in [-0.1, -0.05) is 0 Å². The van der Waals surface area contributed by atoms with E-state index >= 15 is 0 Å². The zero-order chi connectivity index (χ0) is 17.2. The van der Waals surface area contributed by atoms with Crippen LogP contribution in [-0.4, -0.2) is 66.4 Å². The Balaban J connectivity index is 4.00. The van der Waals surface area contributed by atoms with Gasteiger partial charge in [0.05, 0.1) is 0 Å². The van der Waals surface area contributed by atoms with Gasteiger partial charge in [-0.3, -0.25) is 0 Å². The second kappa shape index (κ2) is 18.0. The van der Waals surface area contributed by atoms with Crippen LogP contribution >= 0.6 is 20.7 Å². The minimum Gasteiger partial charge on any atom is -0.424 e. The molecule has 0 N–H and O–H groups in total. The van der Waals surface area contributed by atoms with E-state index in [9.17, 15) is 0 Å². The first kappa shape index (κ1) is 24.2. The predicted octanol–water partition coefficient (Wildman–Crippen LogP) is 2.42. The zero-order valence-electron chi connectivity index (χ0n) is 15.7. The van der Waals surface area contributed by atoms with Gasteiger partial charge in [0.2, 0.25) is 0 Å². The SMILES string of the molecule is CCO[SiH2]CCCS(S)(CCC[SiH2]OCC)CCC[SiH2]OCC. The molecule has 0 aliphatic rings. The van der Waals surface area contributed by atoms with Crippen LogP contribution in [0.3, 0.4) is 0 Å². The van der Waals surface area contributed by atoms with Crippen molar-refractivity contribution in [3.05, 3.63) is 0 Å². The third-order valence-electron chi connectivity index (χ3n) is 3.80. The molecule has 3 nitrogen and oxygen atoms in total. The van der Waals surface area contributed by atoms with Gasteiger partial charge in [-0.25, -0.2) is 0 Å². The standard InChI is InChI=1S/C15H40O3S2Si3/c1-4-16-21-13-7-10-20(19,11-8-14-22-17-5-2)12-9-15-23-18-6-3/h19H,4-15,21-23H2,1-3H3. The molecule has 0 saturated carbocycles. The first-order valence-electron chi connectivity index (χ1n) is 9.40. The molecule has 0 saturated heterocycles. The van der Waals surface area contributed by atoms with E-state index in [0.29, 0.717) is 0 Å². The lowest BCUT2D eigenvalue weighted by atomic mass is 10.5. The van der Waals surface area contributed by atoms with Crippen LogP contribution in [0, 0.1) is 0 Å². The molecule has 0 atom stereocenters. The van der Waals surface area contributed by atoms with Crippen molar-refractivity contribution in [3.63, 3.8) is 0 Å². The van der Waals surface area contributed by atoms with Crippen LogP contribution in [0.4, 0.5) is 0 Å². The normalized spacial score (nSPS) is 17.0. The molecule has 0 rings (SSSR count). The van der Waals surface area contributed by atoms with Gasteiger partial charge in [0, 0.05) is 19.8 Å². The van der Waals surface area contributed by atoms with E-state index in [-0.39, 0.29) is 29.3 Å². The second-order valence-electron chi connectivity index (χ2n) is 5.82. The highest BCUT2D eigenvalue weighted by Gasteiger charge is 2.18. The van der Waals surface area contributed by atoms with Crippen molar-refractivity contribution in [2.75, 3.05) is 37.1 Å². The molecule has 8 heteroatoms. The van der Waals surface area contributed by atoms with Crippen molar-refractivity contribution in [2.24, 2.45) is 0 Å². The van der Waals surface area contributed by atoms with Crippen molar-refractivity contribution in [3.8, 4) is 0 Å². The highest BCUT2D eigenvalue weighted by molar-refractivity contribution is 8.87. The number of hydrogen-bond donors (Lipinski definition) is 1. The molecule has 0 amide bonds. The van der Waals surface area contributed by atoms with Crippen LogP contribution in [0.5, 0.6) is 0 Å². The van der Waals surface area contributed by atoms with Gasteiger partial charge in [-0.2, -0.15) is 9.06 Å². The summed E-state index contributed by atoms with van der Waals surface area (Å²) in [4.78, 5) is 0. The zero-order valence-corrected chi connectivity index (χ0v) is 21.6. The third kappa shape index (κ3) is 16.4. The monoisotopic (exact) mass is 416 g/mol. The van der Waals surface area contributed by atoms with Crippen molar-refractivity contribution >= 4 is 50.0 Å². The van der Waals surface area contributed by atoms with Crippen LogP contribution in [-0.2, 0) is 13.3 Å². The summed E-state index contributed by atoms with van der Waals surface area (Å²) < 4.78 is 16.8. The Hall–Kier alpha value is 1.23. The molecule has 0 unspecified atom stereocenters. The Kier molecular flexibility index (Phi) is 19.0. The van der Waals surface area contributed by atoms with Crippen molar-refractivity contribution in [2.45, 2.75) is 58.2 Å². The van der Waals surface area contributed by atoms with Crippen molar-refractivity contribution in [1.82, 2.24) is 0 Å². The predicted molar refractivity (Wildman–Crippen MR) is 120 cm³/mol. The Bertz CT molecular complexity index is 216. The number of rotatable bonds is 18. The Labute approximate surface area is 158 Å². The Morgan fingerprint density at radius 1 is 0.652 bits per heavy atom. The fourth-order valence-corrected chi connectivity index (χ4v) is 10.4. The molecule has 0 bridgehead atoms. The molecule has 0 aliphatic heterocycles. The summed E-state index contributed by atoms with van der Waals surface area (Å²) in [6.07, 6.45) is 3.99.